The summed E-state index contributed by atoms with van der Waals surface area (Å²) in [5.74, 6) is 0.320. The predicted molar refractivity (Wildman–Crippen MR) is 84.2 cm³/mol. The van der Waals surface area contributed by atoms with E-state index in [1.807, 2.05) is 38.4 Å². The molecule has 2 rings (SSSR count). The Morgan fingerprint density at radius 1 is 1.05 bits per heavy atom. The van der Waals surface area contributed by atoms with Gasteiger partial charge in [-0.15, -0.1) is 0 Å². The maximum atomic E-state index is 10.0. The van der Waals surface area contributed by atoms with Gasteiger partial charge in [0.2, 0.25) is 0 Å². The van der Waals surface area contributed by atoms with Gasteiger partial charge in [0.25, 0.3) is 0 Å². The van der Waals surface area contributed by atoms with Gasteiger partial charge in [0.1, 0.15) is 5.75 Å². The molecule has 0 fully saturated rings. The van der Waals surface area contributed by atoms with E-state index in [1.54, 1.807) is 6.07 Å². The molecule has 3 heteroatoms. The molecule has 3 nitrogen and oxygen atoms in total. The minimum absolute atomic E-state index is 0.233. The van der Waals surface area contributed by atoms with Crippen LogP contribution < -0.4 is 10.2 Å². The van der Waals surface area contributed by atoms with Crippen molar-refractivity contribution in [3.05, 3.63) is 60.2 Å². The Balaban J connectivity index is 2.29. The van der Waals surface area contributed by atoms with Crippen molar-refractivity contribution in [1.29, 1.82) is 0 Å². The second kappa shape index (κ2) is 6.96. The first-order valence-electron chi connectivity index (χ1n) is 6.94. The summed E-state index contributed by atoms with van der Waals surface area (Å²) in [4.78, 5) is 2.14. The summed E-state index contributed by atoms with van der Waals surface area (Å²) in [6, 6.07) is 18.1. The van der Waals surface area contributed by atoms with Gasteiger partial charge in [-0.2, -0.15) is 0 Å². The van der Waals surface area contributed by atoms with Crippen LogP contribution in [0.1, 0.15) is 18.0 Å². The molecule has 106 valence electrons. The van der Waals surface area contributed by atoms with Gasteiger partial charge in [0, 0.05) is 7.05 Å². The fraction of sp³-hybridized carbons (Fsp3) is 0.294. The molecule has 0 heterocycles. The minimum Gasteiger partial charge on any atom is -0.506 e. The molecule has 0 saturated carbocycles. The van der Waals surface area contributed by atoms with E-state index in [2.05, 4.69) is 34.5 Å². The molecule has 2 N–H and O–H groups in total. The summed E-state index contributed by atoms with van der Waals surface area (Å²) in [5.41, 5.74) is 2.12. The number of nitrogens with zero attached hydrogens (tertiary/aromatic N) is 1. The Labute approximate surface area is 120 Å². The Bertz CT molecular complexity index is 528. The third-order valence-electron chi connectivity index (χ3n) is 3.58. The number of para-hydroxylation sites is 2. The largest absolute Gasteiger partial charge is 0.506 e. The van der Waals surface area contributed by atoms with Crippen LogP contribution in [0.3, 0.4) is 0 Å². The lowest BCUT2D eigenvalue weighted by Gasteiger charge is -2.31. The van der Waals surface area contributed by atoms with Crippen molar-refractivity contribution < 1.29 is 5.11 Å². The average molecular weight is 270 g/mol. The second-order valence-electron chi connectivity index (χ2n) is 4.92. The molecule has 0 aliphatic heterocycles. The van der Waals surface area contributed by atoms with Crippen molar-refractivity contribution in [3.8, 4) is 5.75 Å². The highest BCUT2D eigenvalue weighted by atomic mass is 16.3. The van der Waals surface area contributed by atoms with E-state index in [0.29, 0.717) is 5.75 Å². The van der Waals surface area contributed by atoms with Crippen LogP contribution in [0.25, 0.3) is 0 Å². The minimum atomic E-state index is 0.233. The fourth-order valence-electron chi connectivity index (χ4n) is 2.47. The molecule has 0 radical (unpaired) electrons. The Kier molecular flexibility index (Phi) is 5.02. The first-order valence-corrected chi connectivity index (χ1v) is 6.94. The lowest BCUT2D eigenvalue weighted by atomic mass is 10.0. The fourth-order valence-corrected chi connectivity index (χ4v) is 2.47. The van der Waals surface area contributed by atoms with Gasteiger partial charge in [0.15, 0.2) is 0 Å². The van der Waals surface area contributed by atoms with E-state index in [4.69, 9.17) is 0 Å². The molecule has 2 aromatic carbocycles. The second-order valence-corrected chi connectivity index (χ2v) is 4.92. The number of aromatic hydroxyl groups is 1. The van der Waals surface area contributed by atoms with Gasteiger partial charge in [-0.3, -0.25) is 0 Å². The van der Waals surface area contributed by atoms with Crippen LogP contribution in [-0.4, -0.2) is 25.7 Å². The van der Waals surface area contributed by atoms with Crippen LogP contribution in [-0.2, 0) is 0 Å². The third-order valence-corrected chi connectivity index (χ3v) is 3.58. The first-order chi connectivity index (χ1) is 9.74. The van der Waals surface area contributed by atoms with Crippen molar-refractivity contribution in [2.45, 2.75) is 12.5 Å². The van der Waals surface area contributed by atoms with Crippen LogP contribution in [0.2, 0.25) is 0 Å². The summed E-state index contributed by atoms with van der Waals surface area (Å²) < 4.78 is 0. The van der Waals surface area contributed by atoms with E-state index < -0.39 is 0 Å². The molecular weight excluding hydrogens is 248 g/mol. The summed E-state index contributed by atoms with van der Waals surface area (Å²) in [7, 11) is 3.99. The predicted octanol–water partition coefficient (Wildman–Crippen LogP) is 3.18. The van der Waals surface area contributed by atoms with Gasteiger partial charge in [-0.25, -0.2) is 0 Å². The van der Waals surface area contributed by atoms with Gasteiger partial charge in [-0.1, -0.05) is 42.5 Å². The third kappa shape index (κ3) is 3.31. The highest BCUT2D eigenvalue weighted by Crippen LogP contribution is 2.33. The van der Waals surface area contributed by atoms with Crippen LogP contribution in [0.5, 0.6) is 5.75 Å². The van der Waals surface area contributed by atoms with Crippen molar-refractivity contribution >= 4 is 5.69 Å². The number of anilines is 1. The number of nitrogens with one attached hydrogen (secondary N) is 1. The van der Waals surface area contributed by atoms with Crippen LogP contribution in [0.4, 0.5) is 5.69 Å². The van der Waals surface area contributed by atoms with Crippen molar-refractivity contribution in [3.63, 3.8) is 0 Å². The topological polar surface area (TPSA) is 35.5 Å². The molecule has 0 aliphatic rings. The summed E-state index contributed by atoms with van der Waals surface area (Å²) in [5, 5.41) is 13.2. The van der Waals surface area contributed by atoms with E-state index in [9.17, 15) is 5.11 Å². The maximum absolute atomic E-state index is 10.0. The zero-order valence-electron chi connectivity index (χ0n) is 12.1. The number of phenols is 1. The zero-order chi connectivity index (χ0) is 14.4. The van der Waals surface area contributed by atoms with Gasteiger partial charge < -0.3 is 15.3 Å². The van der Waals surface area contributed by atoms with Crippen LogP contribution >= 0.6 is 0 Å². The van der Waals surface area contributed by atoms with E-state index in [1.165, 1.54) is 5.56 Å². The zero-order valence-corrected chi connectivity index (χ0v) is 12.1. The first kappa shape index (κ1) is 14.4. The lowest BCUT2D eigenvalue weighted by Crippen LogP contribution is -2.27. The maximum Gasteiger partial charge on any atom is 0.138 e. The molecule has 20 heavy (non-hydrogen) atoms. The molecular formula is C17H22N2O. The number of benzene rings is 2. The molecule has 0 amide bonds. The Morgan fingerprint density at radius 2 is 1.70 bits per heavy atom. The number of hydrogen-bond acceptors (Lipinski definition) is 3. The molecule has 0 aromatic heterocycles. The summed E-state index contributed by atoms with van der Waals surface area (Å²) >= 11 is 0. The van der Waals surface area contributed by atoms with Crippen LogP contribution in [0, 0.1) is 0 Å². The highest BCUT2D eigenvalue weighted by molar-refractivity contribution is 5.58. The lowest BCUT2D eigenvalue weighted by molar-refractivity contribution is 0.470. The van der Waals surface area contributed by atoms with E-state index >= 15 is 0 Å². The molecule has 1 unspecified atom stereocenters. The molecule has 1 atom stereocenters. The van der Waals surface area contributed by atoms with Crippen molar-refractivity contribution in [2.75, 3.05) is 25.5 Å². The van der Waals surface area contributed by atoms with Gasteiger partial charge in [0.05, 0.1) is 11.7 Å². The smallest absolute Gasteiger partial charge is 0.138 e. The van der Waals surface area contributed by atoms with Crippen molar-refractivity contribution in [1.82, 2.24) is 5.32 Å². The van der Waals surface area contributed by atoms with Crippen LogP contribution in [0.15, 0.2) is 54.6 Å². The van der Waals surface area contributed by atoms with Gasteiger partial charge in [-0.05, 0) is 37.7 Å². The summed E-state index contributed by atoms with van der Waals surface area (Å²) in [6.45, 7) is 0.928. The van der Waals surface area contributed by atoms with E-state index in [0.717, 1.165) is 18.7 Å². The average Bonchev–Trinajstić information content (AvgIpc) is 2.49. The highest BCUT2D eigenvalue weighted by Gasteiger charge is 2.18. The number of rotatable bonds is 6. The Morgan fingerprint density at radius 3 is 2.35 bits per heavy atom. The molecule has 0 saturated heterocycles. The number of phenolic OH excluding ortho intramolecular Hbond substituents is 1. The molecule has 0 spiro atoms. The SMILES string of the molecule is CNCCC(c1ccccc1)N(C)c1ccccc1O. The van der Waals surface area contributed by atoms with E-state index in [-0.39, 0.29) is 6.04 Å². The Hall–Kier alpha value is -2.00. The molecule has 0 aliphatic carbocycles. The normalized spacial score (nSPS) is 12.1. The van der Waals surface area contributed by atoms with Gasteiger partial charge >= 0.3 is 0 Å². The number of hydrogen-bond donors (Lipinski definition) is 2. The summed E-state index contributed by atoms with van der Waals surface area (Å²) in [6.07, 6.45) is 0.978. The van der Waals surface area contributed by atoms with Crippen molar-refractivity contribution in [2.24, 2.45) is 0 Å². The molecule has 2 aromatic rings. The monoisotopic (exact) mass is 270 g/mol. The quantitative estimate of drug-likeness (QED) is 0.846. The standard InChI is InChI=1S/C17H22N2O/c1-18-13-12-15(14-8-4-3-5-9-14)19(2)16-10-6-7-11-17(16)20/h3-11,15,18,20H,12-13H2,1-2H3. The molecule has 0 bridgehead atoms.